The van der Waals surface area contributed by atoms with E-state index in [9.17, 15) is 19.2 Å². The van der Waals surface area contributed by atoms with Crippen LogP contribution >= 0.6 is 22.9 Å². The average Bonchev–Trinajstić information content (AvgIpc) is 3.31. The minimum atomic E-state index is -1.02. The number of carbonyl (C=O) groups excluding carboxylic acids is 4. The van der Waals surface area contributed by atoms with Gasteiger partial charge in [-0.25, -0.2) is 15.0 Å². The molecule has 0 bridgehead atoms. The number of esters is 2. The fourth-order valence-corrected chi connectivity index (χ4v) is 5.44. The first-order valence-electron chi connectivity index (χ1n) is 12.4. The number of halogens is 1. The number of rotatable bonds is 8. The summed E-state index contributed by atoms with van der Waals surface area (Å²) in [7, 11) is 1.41. The number of amides is 2. The zero-order valence-electron chi connectivity index (χ0n) is 21.7. The van der Waals surface area contributed by atoms with Crippen molar-refractivity contribution in [3.8, 4) is 11.5 Å². The summed E-state index contributed by atoms with van der Waals surface area (Å²) in [5, 5.41) is 7.15. The molecule has 2 aromatic carbocycles. The number of anilines is 1. The van der Waals surface area contributed by atoms with Crippen molar-refractivity contribution < 1.29 is 33.4 Å². The fraction of sp³-hybridized carbons (Fsp3) is 0.250. The first-order valence-corrected chi connectivity index (χ1v) is 13.6. The number of hydrogen-bond acceptors (Lipinski definition) is 9. The molecule has 2 amide bonds. The summed E-state index contributed by atoms with van der Waals surface area (Å²) in [4.78, 5) is 51.0. The number of nitrogens with one attached hydrogen (secondary N) is 2. The minimum absolute atomic E-state index is 0.180. The number of hydrazone groups is 1. The molecule has 0 atom stereocenters. The predicted molar refractivity (Wildman–Crippen MR) is 151 cm³/mol. The molecule has 0 fully saturated rings. The van der Waals surface area contributed by atoms with E-state index in [4.69, 9.17) is 25.8 Å². The van der Waals surface area contributed by atoms with Crippen LogP contribution in [0.3, 0.4) is 0 Å². The Hall–Kier alpha value is -4.22. The van der Waals surface area contributed by atoms with Crippen LogP contribution in [0.1, 0.15) is 56.5 Å². The molecule has 12 heteroatoms. The van der Waals surface area contributed by atoms with E-state index in [0.29, 0.717) is 26.7 Å². The Morgan fingerprint density at radius 1 is 1.00 bits per heavy atom. The first kappa shape index (κ1) is 28.8. The van der Waals surface area contributed by atoms with Gasteiger partial charge < -0.3 is 19.5 Å². The van der Waals surface area contributed by atoms with Gasteiger partial charge in [0.15, 0.2) is 11.5 Å². The number of ether oxygens (including phenoxy) is 3. The quantitative estimate of drug-likeness (QED) is 0.128. The molecule has 0 aliphatic heterocycles. The number of hydrogen-bond donors (Lipinski definition) is 2. The van der Waals surface area contributed by atoms with Gasteiger partial charge in [0.05, 0.1) is 31.1 Å². The maximum atomic E-state index is 12.6. The molecule has 3 aromatic rings. The van der Waals surface area contributed by atoms with Gasteiger partial charge in [0.1, 0.15) is 5.00 Å². The van der Waals surface area contributed by atoms with Gasteiger partial charge in [0.2, 0.25) is 0 Å². The lowest BCUT2D eigenvalue weighted by Gasteiger charge is -2.12. The van der Waals surface area contributed by atoms with Crippen LogP contribution < -0.4 is 20.2 Å². The van der Waals surface area contributed by atoms with Crippen LogP contribution in [-0.2, 0) is 27.2 Å². The Morgan fingerprint density at radius 3 is 2.48 bits per heavy atom. The molecule has 2 N–H and O–H groups in total. The molecule has 1 aliphatic rings. The first-order chi connectivity index (χ1) is 19.3. The summed E-state index contributed by atoms with van der Waals surface area (Å²) >= 11 is 7.14. The van der Waals surface area contributed by atoms with E-state index >= 15 is 0 Å². The van der Waals surface area contributed by atoms with Gasteiger partial charge in [-0.05, 0) is 86.2 Å². The number of thiophene rings is 1. The molecule has 10 nitrogen and oxygen atoms in total. The SMILES string of the molecule is CCOC(=O)c1c(NC(=O)C(=O)N/N=C/c2ccc(OC(=O)c3ccc(Cl)cc3)c(OC)c2)sc2c1CCCC2. The van der Waals surface area contributed by atoms with Crippen LogP contribution in [0.5, 0.6) is 11.5 Å². The lowest BCUT2D eigenvalue weighted by molar-refractivity contribution is -0.136. The highest BCUT2D eigenvalue weighted by molar-refractivity contribution is 7.17. The van der Waals surface area contributed by atoms with Crippen LogP contribution in [0.15, 0.2) is 47.6 Å². The van der Waals surface area contributed by atoms with E-state index in [1.165, 1.54) is 30.7 Å². The third kappa shape index (κ3) is 6.85. The lowest BCUT2D eigenvalue weighted by Crippen LogP contribution is -2.32. The molecule has 0 unspecified atom stereocenters. The normalized spacial score (nSPS) is 12.4. The van der Waals surface area contributed by atoms with Crippen molar-refractivity contribution in [1.29, 1.82) is 0 Å². The molecule has 0 saturated heterocycles. The molecule has 1 aromatic heterocycles. The Morgan fingerprint density at radius 2 is 1.75 bits per heavy atom. The highest BCUT2D eigenvalue weighted by atomic mass is 35.5. The number of aryl methyl sites for hydroxylation is 1. The van der Waals surface area contributed by atoms with Gasteiger partial charge in [0.25, 0.3) is 0 Å². The molecule has 0 spiro atoms. The maximum absolute atomic E-state index is 12.6. The monoisotopic (exact) mass is 583 g/mol. The van der Waals surface area contributed by atoms with Gasteiger partial charge in [-0.2, -0.15) is 5.10 Å². The number of nitrogens with zero attached hydrogens (tertiary/aromatic N) is 1. The second kappa shape index (κ2) is 13.2. The zero-order chi connectivity index (χ0) is 28.6. The molecule has 1 aliphatic carbocycles. The van der Waals surface area contributed by atoms with Crippen molar-refractivity contribution in [2.45, 2.75) is 32.6 Å². The van der Waals surface area contributed by atoms with E-state index in [-0.39, 0.29) is 18.1 Å². The van der Waals surface area contributed by atoms with E-state index in [1.807, 2.05) is 0 Å². The Bertz CT molecular complexity index is 1470. The van der Waals surface area contributed by atoms with Gasteiger partial charge in [0, 0.05) is 9.90 Å². The average molecular weight is 584 g/mol. The van der Waals surface area contributed by atoms with Crippen molar-refractivity contribution in [3.05, 3.63) is 74.6 Å². The van der Waals surface area contributed by atoms with Crippen molar-refractivity contribution >= 4 is 57.9 Å². The van der Waals surface area contributed by atoms with E-state index in [1.54, 1.807) is 43.3 Å². The summed E-state index contributed by atoms with van der Waals surface area (Å²) < 4.78 is 15.9. The third-order valence-corrected chi connectivity index (χ3v) is 7.39. The topological polar surface area (TPSA) is 132 Å². The van der Waals surface area contributed by atoms with Crippen LogP contribution in [0.2, 0.25) is 5.02 Å². The van der Waals surface area contributed by atoms with E-state index < -0.39 is 23.8 Å². The predicted octanol–water partition coefficient (Wildman–Crippen LogP) is 4.77. The molecule has 208 valence electrons. The highest BCUT2D eigenvalue weighted by Gasteiger charge is 2.28. The summed E-state index contributed by atoms with van der Waals surface area (Å²) in [6.07, 6.45) is 4.76. The lowest BCUT2D eigenvalue weighted by atomic mass is 9.95. The third-order valence-electron chi connectivity index (χ3n) is 5.93. The number of fused-ring (bicyclic) bond motifs is 1. The number of carbonyl (C=O) groups is 4. The molecular weight excluding hydrogens is 558 g/mol. The van der Waals surface area contributed by atoms with Gasteiger partial charge in [-0.15, -0.1) is 11.3 Å². The molecule has 0 radical (unpaired) electrons. The number of benzene rings is 2. The number of methoxy groups -OCH3 is 1. The zero-order valence-corrected chi connectivity index (χ0v) is 23.3. The van der Waals surface area contributed by atoms with Gasteiger partial charge in [-0.3, -0.25) is 9.59 Å². The Kier molecular flexibility index (Phi) is 9.52. The molecule has 1 heterocycles. The smallest absolute Gasteiger partial charge is 0.343 e. The summed E-state index contributed by atoms with van der Waals surface area (Å²) in [5.41, 5.74) is 4.17. The maximum Gasteiger partial charge on any atom is 0.343 e. The van der Waals surface area contributed by atoms with Crippen molar-refractivity contribution in [3.63, 3.8) is 0 Å². The van der Waals surface area contributed by atoms with E-state index in [2.05, 4.69) is 15.8 Å². The highest BCUT2D eigenvalue weighted by Crippen LogP contribution is 2.38. The van der Waals surface area contributed by atoms with Crippen molar-refractivity contribution in [2.75, 3.05) is 19.0 Å². The summed E-state index contributed by atoms with van der Waals surface area (Å²) in [6.45, 7) is 1.90. The van der Waals surface area contributed by atoms with Crippen LogP contribution in [0.4, 0.5) is 5.00 Å². The molecule has 0 saturated carbocycles. The Labute approximate surface area is 239 Å². The van der Waals surface area contributed by atoms with Crippen molar-refractivity contribution in [1.82, 2.24) is 5.43 Å². The second-order valence-corrected chi connectivity index (χ2v) is 10.1. The summed E-state index contributed by atoms with van der Waals surface area (Å²) in [6, 6.07) is 10.9. The molecule has 4 rings (SSSR count). The van der Waals surface area contributed by atoms with Gasteiger partial charge in [-0.1, -0.05) is 11.6 Å². The Balaban J connectivity index is 1.39. The second-order valence-electron chi connectivity index (χ2n) is 8.60. The van der Waals surface area contributed by atoms with Crippen LogP contribution in [-0.4, -0.2) is 43.7 Å². The standard InChI is InChI=1S/C28H26ClN3O7S/c1-3-38-28(36)23-19-6-4-5-7-22(19)40-26(23)31-24(33)25(34)32-30-15-16-8-13-20(21(14-16)37-2)39-27(35)17-9-11-18(29)12-10-17/h8-15H,3-7H2,1-2H3,(H,31,33)(H,32,34)/b30-15+. The fourth-order valence-electron chi connectivity index (χ4n) is 4.04. The largest absolute Gasteiger partial charge is 0.493 e. The minimum Gasteiger partial charge on any atom is -0.493 e. The molecular formula is C28H26ClN3O7S. The van der Waals surface area contributed by atoms with Crippen LogP contribution in [0, 0.1) is 0 Å². The van der Waals surface area contributed by atoms with E-state index in [0.717, 1.165) is 36.1 Å². The molecule has 40 heavy (non-hydrogen) atoms. The summed E-state index contributed by atoms with van der Waals surface area (Å²) in [5.74, 6) is -2.66. The van der Waals surface area contributed by atoms with Crippen LogP contribution in [0.25, 0.3) is 0 Å². The van der Waals surface area contributed by atoms with Crippen molar-refractivity contribution in [2.24, 2.45) is 5.10 Å². The van der Waals surface area contributed by atoms with Gasteiger partial charge >= 0.3 is 23.8 Å².